The highest BCUT2D eigenvalue weighted by Gasteiger charge is 2.53. The second-order valence-corrected chi connectivity index (χ2v) is 8.67. The lowest BCUT2D eigenvalue weighted by Crippen LogP contribution is -2.41. The van der Waals surface area contributed by atoms with E-state index in [9.17, 15) is 4.79 Å². The smallest absolute Gasteiger partial charge is 0.211 e. The number of amides is 1. The van der Waals surface area contributed by atoms with E-state index in [-0.39, 0.29) is 0 Å². The minimum atomic E-state index is 0.559. The Kier molecular flexibility index (Phi) is 4.14. The topological polar surface area (TPSA) is 29.1 Å². The molecule has 0 spiro atoms. The molecule has 25 heavy (non-hydrogen) atoms. The fourth-order valence-corrected chi connectivity index (χ4v) is 6.31. The molecule has 0 aromatic heterocycles. The molecule has 0 saturated heterocycles. The van der Waals surface area contributed by atoms with Gasteiger partial charge in [0.05, 0.1) is 5.69 Å². The molecule has 1 amide bonds. The lowest BCUT2D eigenvalue weighted by Gasteiger charge is -2.50. The molecule has 1 aromatic carbocycles. The van der Waals surface area contributed by atoms with Crippen LogP contribution in [-0.2, 0) is 11.2 Å². The Morgan fingerprint density at radius 1 is 1.24 bits per heavy atom. The Bertz CT molecular complexity index is 755. The number of carbonyl (C=O) groups is 1. The van der Waals surface area contributed by atoms with Crippen LogP contribution in [0, 0.1) is 35.0 Å². The Labute approximate surface area is 151 Å². The molecule has 4 rings (SSSR count). The summed E-state index contributed by atoms with van der Waals surface area (Å²) in [5.41, 5.74) is 5.36. The van der Waals surface area contributed by atoms with Crippen LogP contribution in [0.1, 0.15) is 75.5 Å². The molecule has 5 atom stereocenters. The van der Waals surface area contributed by atoms with Crippen molar-refractivity contribution in [1.82, 2.24) is 0 Å². The van der Waals surface area contributed by atoms with Gasteiger partial charge in [-0.3, -0.25) is 4.79 Å². The largest absolute Gasteiger partial charge is 0.328 e. The highest BCUT2D eigenvalue weighted by molar-refractivity contribution is 5.77. The quantitative estimate of drug-likeness (QED) is 0.590. The van der Waals surface area contributed by atoms with Gasteiger partial charge in [-0.2, -0.15) is 0 Å². The van der Waals surface area contributed by atoms with Crippen molar-refractivity contribution in [2.45, 2.75) is 65.2 Å². The third-order valence-electron chi connectivity index (χ3n) is 7.81. The summed E-state index contributed by atoms with van der Waals surface area (Å²) in [6.07, 6.45) is 8.72. The fourth-order valence-electron chi connectivity index (χ4n) is 6.31. The van der Waals surface area contributed by atoms with E-state index in [1.54, 1.807) is 0 Å². The van der Waals surface area contributed by atoms with Gasteiger partial charge in [0.1, 0.15) is 0 Å². The van der Waals surface area contributed by atoms with Crippen LogP contribution in [0.25, 0.3) is 0 Å². The van der Waals surface area contributed by atoms with Gasteiger partial charge in [-0.15, -0.1) is 5.92 Å². The first kappa shape index (κ1) is 16.7. The zero-order valence-corrected chi connectivity index (χ0v) is 15.7. The molecule has 1 aromatic rings. The molecular weight excluding hydrogens is 306 g/mol. The second kappa shape index (κ2) is 6.20. The van der Waals surface area contributed by atoms with Crippen molar-refractivity contribution in [3.8, 4) is 11.8 Å². The van der Waals surface area contributed by atoms with Crippen LogP contribution in [-0.4, -0.2) is 6.41 Å². The third kappa shape index (κ3) is 2.51. The molecule has 2 heteroatoms. The Balaban J connectivity index is 1.73. The highest BCUT2D eigenvalue weighted by atomic mass is 16.1. The summed E-state index contributed by atoms with van der Waals surface area (Å²) in [6, 6.07) is 4.47. The number of hydrogen-bond acceptors (Lipinski definition) is 1. The normalized spacial score (nSPS) is 35.6. The first-order chi connectivity index (χ1) is 12.1. The molecule has 2 nitrogen and oxygen atoms in total. The van der Waals surface area contributed by atoms with Crippen LogP contribution in [0.3, 0.4) is 0 Å². The van der Waals surface area contributed by atoms with Crippen molar-refractivity contribution in [2.24, 2.45) is 23.2 Å². The van der Waals surface area contributed by atoms with E-state index < -0.39 is 0 Å². The summed E-state index contributed by atoms with van der Waals surface area (Å²) >= 11 is 0. The number of rotatable bonds is 2. The maximum absolute atomic E-state index is 11.0. The van der Waals surface area contributed by atoms with E-state index in [0.717, 1.165) is 41.8 Å². The molecule has 0 bridgehead atoms. The van der Waals surface area contributed by atoms with Crippen molar-refractivity contribution in [3.63, 3.8) is 0 Å². The van der Waals surface area contributed by atoms with E-state index >= 15 is 0 Å². The molecule has 2 fully saturated rings. The van der Waals surface area contributed by atoms with E-state index in [4.69, 9.17) is 0 Å². The highest BCUT2D eigenvalue weighted by Crippen LogP contribution is 2.62. The van der Waals surface area contributed by atoms with Crippen LogP contribution in [0.4, 0.5) is 5.69 Å². The van der Waals surface area contributed by atoms with Crippen LogP contribution in [0.5, 0.6) is 0 Å². The zero-order valence-electron chi connectivity index (χ0n) is 15.7. The lowest BCUT2D eigenvalue weighted by molar-refractivity contribution is -0.105. The van der Waals surface area contributed by atoms with Gasteiger partial charge in [-0.25, -0.2) is 0 Å². The molecule has 3 aliphatic rings. The van der Waals surface area contributed by atoms with Gasteiger partial charge in [0.25, 0.3) is 0 Å². The van der Waals surface area contributed by atoms with Gasteiger partial charge >= 0.3 is 0 Å². The maximum atomic E-state index is 11.0. The van der Waals surface area contributed by atoms with Crippen molar-refractivity contribution in [1.29, 1.82) is 0 Å². The molecule has 0 radical (unpaired) electrons. The Morgan fingerprint density at radius 2 is 2.08 bits per heavy atom. The average molecular weight is 335 g/mol. The van der Waals surface area contributed by atoms with Crippen molar-refractivity contribution in [3.05, 3.63) is 28.8 Å². The van der Waals surface area contributed by atoms with Crippen LogP contribution in [0.15, 0.2) is 12.1 Å². The van der Waals surface area contributed by atoms with Crippen molar-refractivity contribution in [2.75, 3.05) is 5.32 Å². The number of anilines is 1. The Morgan fingerprint density at radius 3 is 2.84 bits per heavy atom. The van der Waals surface area contributed by atoms with Crippen LogP contribution < -0.4 is 5.32 Å². The first-order valence-electron chi connectivity index (χ1n) is 9.88. The minimum Gasteiger partial charge on any atom is -0.328 e. The van der Waals surface area contributed by atoms with E-state index in [2.05, 4.69) is 43.1 Å². The van der Waals surface area contributed by atoms with Gasteiger partial charge in [0, 0.05) is 5.56 Å². The predicted octanol–water partition coefficient (Wildman–Crippen LogP) is 5.12. The van der Waals surface area contributed by atoms with Crippen LogP contribution >= 0.6 is 0 Å². The molecule has 1 N–H and O–H groups in total. The SMILES string of the molecule is CC#Cc1cc2c(cc1NC=O)CCC1C2CC[C@]2(C)C(C)CCC12. The average Bonchev–Trinajstić information content (AvgIpc) is 2.91. The third-order valence-corrected chi connectivity index (χ3v) is 7.81. The summed E-state index contributed by atoms with van der Waals surface area (Å²) < 4.78 is 0. The monoisotopic (exact) mass is 335 g/mol. The van der Waals surface area contributed by atoms with Crippen LogP contribution in [0.2, 0.25) is 0 Å². The maximum Gasteiger partial charge on any atom is 0.211 e. The van der Waals surface area contributed by atoms with Gasteiger partial charge < -0.3 is 5.32 Å². The Hall–Kier alpha value is -1.75. The molecule has 0 heterocycles. The second-order valence-electron chi connectivity index (χ2n) is 8.67. The predicted molar refractivity (Wildman–Crippen MR) is 102 cm³/mol. The number of benzene rings is 1. The molecule has 2 saturated carbocycles. The van der Waals surface area contributed by atoms with Crippen molar-refractivity contribution < 1.29 is 4.79 Å². The molecule has 0 aliphatic heterocycles. The molecule has 4 unspecified atom stereocenters. The summed E-state index contributed by atoms with van der Waals surface area (Å²) in [7, 11) is 0. The fraction of sp³-hybridized carbons (Fsp3) is 0.609. The lowest BCUT2D eigenvalue weighted by atomic mass is 9.54. The van der Waals surface area contributed by atoms with Crippen molar-refractivity contribution >= 4 is 12.1 Å². The summed E-state index contributed by atoms with van der Waals surface area (Å²) in [6.45, 7) is 6.90. The summed E-state index contributed by atoms with van der Waals surface area (Å²) in [4.78, 5) is 11.0. The van der Waals surface area contributed by atoms with Gasteiger partial charge in [-0.05, 0) is 97.8 Å². The number of nitrogens with one attached hydrogen (secondary N) is 1. The molecule has 3 aliphatic carbocycles. The zero-order chi connectivity index (χ0) is 17.6. The molecule has 132 valence electrons. The van der Waals surface area contributed by atoms with E-state index in [1.165, 1.54) is 43.2 Å². The molecular formula is C23H29NO. The number of fused-ring (bicyclic) bond motifs is 5. The minimum absolute atomic E-state index is 0.559. The van der Waals surface area contributed by atoms with E-state index in [0.29, 0.717) is 11.3 Å². The number of carbonyl (C=O) groups excluding carboxylic acids is 1. The van der Waals surface area contributed by atoms with E-state index in [1.807, 2.05) is 6.92 Å². The standard InChI is InChI=1S/C23H29NO/c1-4-5-17-12-20-16(13-22(17)24-14-25)7-8-19-18(20)10-11-23(3)15(2)6-9-21(19)23/h12-15,18-19,21H,6-11H2,1-3H3,(H,24,25)/t15?,18?,19?,21?,23-/m1/s1. The summed E-state index contributed by atoms with van der Waals surface area (Å²) in [5, 5.41) is 2.85. The number of hydrogen-bond donors (Lipinski definition) is 1. The first-order valence-corrected chi connectivity index (χ1v) is 9.88. The summed E-state index contributed by atoms with van der Waals surface area (Å²) in [5.74, 6) is 9.49. The number of aryl methyl sites for hydroxylation is 1. The van der Waals surface area contributed by atoms with Gasteiger partial charge in [0.15, 0.2) is 0 Å². The van der Waals surface area contributed by atoms with Gasteiger partial charge in [-0.1, -0.05) is 19.8 Å². The van der Waals surface area contributed by atoms with Gasteiger partial charge in [0.2, 0.25) is 6.41 Å².